The largest absolute Gasteiger partial charge is 0.379 e. The Morgan fingerprint density at radius 1 is 1.12 bits per heavy atom. The Kier molecular flexibility index (Phi) is 4.81. The molecule has 0 bridgehead atoms. The van der Waals surface area contributed by atoms with E-state index in [0.29, 0.717) is 0 Å². The van der Waals surface area contributed by atoms with Crippen LogP contribution in [0, 0.1) is 0 Å². The summed E-state index contributed by atoms with van der Waals surface area (Å²) in [7, 11) is 0. The van der Waals surface area contributed by atoms with Gasteiger partial charge >= 0.3 is 0 Å². The Hall–Kier alpha value is -0.390. The molecule has 2 aliphatic rings. The minimum Gasteiger partial charge on any atom is -0.379 e. The van der Waals surface area contributed by atoms with Crippen LogP contribution in [0.5, 0.6) is 0 Å². The highest BCUT2D eigenvalue weighted by molar-refractivity contribution is 7.80. The van der Waals surface area contributed by atoms with Crippen molar-refractivity contribution in [2.45, 2.75) is 12.8 Å². The van der Waals surface area contributed by atoms with Gasteiger partial charge in [0.05, 0.1) is 13.2 Å². The second-order valence-corrected chi connectivity index (χ2v) is 4.77. The number of nitrogens with zero attached hydrogens (tertiary/aromatic N) is 2. The van der Waals surface area contributed by atoms with Crippen molar-refractivity contribution < 1.29 is 4.74 Å². The van der Waals surface area contributed by atoms with Crippen molar-refractivity contribution in [3.05, 3.63) is 0 Å². The Morgan fingerprint density at radius 2 is 1.81 bits per heavy atom. The fraction of sp³-hybridized carbons (Fsp3) is 0.909. The number of nitrogens with one attached hydrogen (secondary N) is 1. The summed E-state index contributed by atoms with van der Waals surface area (Å²) in [5.74, 6) is 0. The third-order valence-corrected chi connectivity index (χ3v) is 3.60. The van der Waals surface area contributed by atoms with Crippen LogP contribution in [0.3, 0.4) is 0 Å². The van der Waals surface area contributed by atoms with E-state index in [9.17, 15) is 0 Å². The zero-order valence-corrected chi connectivity index (χ0v) is 10.6. The summed E-state index contributed by atoms with van der Waals surface area (Å²) < 4.78 is 5.31. The molecule has 2 fully saturated rings. The molecule has 0 saturated carbocycles. The first kappa shape index (κ1) is 12.1. The van der Waals surface area contributed by atoms with E-state index >= 15 is 0 Å². The molecule has 2 rings (SSSR count). The fourth-order valence-corrected chi connectivity index (χ4v) is 2.46. The standard InChI is InChI=1S/C11H21N3OS/c16-11(14-4-1-2-5-14)12-3-6-13-7-9-15-10-8-13/h1-10H2,(H,12,16). The third kappa shape index (κ3) is 3.57. The van der Waals surface area contributed by atoms with Gasteiger partial charge in [-0.1, -0.05) is 0 Å². The number of ether oxygens (including phenoxy) is 1. The van der Waals surface area contributed by atoms with Gasteiger partial charge in [0, 0.05) is 39.3 Å². The van der Waals surface area contributed by atoms with Crippen LogP contribution in [0.4, 0.5) is 0 Å². The average molecular weight is 243 g/mol. The SMILES string of the molecule is S=C(NCCN1CCOCC1)N1CCCC1. The molecular formula is C11H21N3OS. The van der Waals surface area contributed by atoms with Crippen LogP contribution < -0.4 is 5.32 Å². The molecule has 0 amide bonds. The lowest BCUT2D eigenvalue weighted by atomic mass is 10.4. The molecule has 16 heavy (non-hydrogen) atoms. The number of hydrogen-bond acceptors (Lipinski definition) is 3. The monoisotopic (exact) mass is 243 g/mol. The predicted octanol–water partition coefficient (Wildman–Crippen LogP) is 0.289. The Morgan fingerprint density at radius 3 is 2.50 bits per heavy atom. The second-order valence-electron chi connectivity index (χ2n) is 4.38. The number of morpholine rings is 1. The first-order valence-electron chi connectivity index (χ1n) is 6.19. The van der Waals surface area contributed by atoms with Crippen molar-refractivity contribution >= 4 is 17.3 Å². The molecule has 5 heteroatoms. The van der Waals surface area contributed by atoms with Gasteiger partial charge in [0.2, 0.25) is 0 Å². The van der Waals surface area contributed by atoms with E-state index in [1.54, 1.807) is 0 Å². The van der Waals surface area contributed by atoms with Gasteiger partial charge in [0.1, 0.15) is 0 Å². The molecular weight excluding hydrogens is 222 g/mol. The quantitative estimate of drug-likeness (QED) is 0.719. The molecule has 0 aliphatic carbocycles. The van der Waals surface area contributed by atoms with E-state index in [1.807, 2.05) is 0 Å². The van der Waals surface area contributed by atoms with Gasteiger partial charge in [-0.15, -0.1) is 0 Å². The van der Waals surface area contributed by atoms with Crippen LogP contribution in [0.2, 0.25) is 0 Å². The van der Waals surface area contributed by atoms with Crippen molar-refractivity contribution in [1.82, 2.24) is 15.1 Å². The van der Waals surface area contributed by atoms with Crippen molar-refractivity contribution in [2.24, 2.45) is 0 Å². The highest BCUT2D eigenvalue weighted by atomic mass is 32.1. The summed E-state index contributed by atoms with van der Waals surface area (Å²) in [6, 6.07) is 0. The normalized spacial score (nSPS) is 22.4. The fourth-order valence-electron chi connectivity index (χ4n) is 2.18. The lowest BCUT2D eigenvalue weighted by Gasteiger charge is -2.27. The van der Waals surface area contributed by atoms with Gasteiger partial charge < -0.3 is 15.0 Å². The predicted molar refractivity (Wildman–Crippen MR) is 68.7 cm³/mol. The van der Waals surface area contributed by atoms with Gasteiger partial charge in [0.25, 0.3) is 0 Å². The van der Waals surface area contributed by atoms with E-state index in [0.717, 1.165) is 57.6 Å². The third-order valence-electron chi connectivity index (χ3n) is 3.20. The average Bonchev–Trinajstić information content (AvgIpc) is 2.84. The Balaban J connectivity index is 1.57. The van der Waals surface area contributed by atoms with Gasteiger partial charge in [-0.25, -0.2) is 0 Å². The highest BCUT2D eigenvalue weighted by Gasteiger charge is 2.14. The van der Waals surface area contributed by atoms with Crippen LogP contribution in [0.1, 0.15) is 12.8 Å². The van der Waals surface area contributed by atoms with E-state index in [1.165, 1.54) is 12.8 Å². The minimum atomic E-state index is 0.872. The summed E-state index contributed by atoms with van der Waals surface area (Å²) in [6.45, 7) is 8.13. The molecule has 0 spiro atoms. The zero-order chi connectivity index (χ0) is 11.2. The molecule has 2 heterocycles. The first-order chi connectivity index (χ1) is 7.86. The molecule has 0 atom stereocenters. The smallest absolute Gasteiger partial charge is 0.168 e. The van der Waals surface area contributed by atoms with Crippen LogP contribution in [0.15, 0.2) is 0 Å². The zero-order valence-electron chi connectivity index (χ0n) is 9.78. The van der Waals surface area contributed by atoms with E-state index in [4.69, 9.17) is 17.0 Å². The van der Waals surface area contributed by atoms with Crippen molar-refractivity contribution in [1.29, 1.82) is 0 Å². The molecule has 4 nitrogen and oxygen atoms in total. The summed E-state index contributed by atoms with van der Waals surface area (Å²) >= 11 is 5.35. The molecule has 1 N–H and O–H groups in total. The summed E-state index contributed by atoms with van der Waals surface area (Å²) in [4.78, 5) is 4.69. The number of thiocarbonyl (C=S) groups is 1. The molecule has 0 aromatic rings. The van der Waals surface area contributed by atoms with Crippen LogP contribution in [0.25, 0.3) is 0 Å². The van der Waals surface area contributed by atoms with Gasteiger partial charge in [0.15, 0.2) is 5.11 Å². The second kappa shape index (κ2) is 6.37. The van der Waals surface area contributed by atoms with Crippen LogP contribution in [-0.2, 0) is 4.74 Å². The number of hydrogen-bond donors (Lipinski definition) is 1. The van der Waals surface area contributed by atoms with Gasteiger partial charge in [-0.2, -0.15) is 0 Å². The minimum absolute atomic E-state index is 0.872. The maximum absolute atomic E-state index is 5.35. The Bertz CT molecular complexity index is 225. The Labute approximate surface area is 103 Å². The van der Waals surface area contributed by atoms with Crippen LogP contribution >= 0.6 is 12.2 Å². The molecule has 0 aromatic carbocycles. The topological polar surface area (TPSA) is 27.7 Å². The van der Waals surface area contributed by atoms with Gasteiger partial charge in [-0.3, -0.25) is 4.90 Å². The molecule has 0 radical (unpaired) electrons. The van der Waals surface area contributed by atoms with E-state index < -0.39 is 0 Å². The maximum Gasteiger partial charge on any atom is 0.168 e. The lowest BCUT2D eigenvalue weighted by Crippen LogP contribution is -2.44. The number of likely N-dealkylation sites (tertiary alicyclic amines) is 1. The number of rotatable bonds is 3. The van der Waals surface area contributed by atoms with E-state index in [-0.39, 0.29) is 0 Å². The van der Waals surface area contributed by atoms with Crippen LogP contribution in [-0.4, -0.2) is 67.4 Å². The summed E-state index contributed by atoms with van der Waals surface area (Å²) in [6.07, 6.45) is 2.57. The van der Waals surface area contributed by atoms with E-state index in [2.05, 4.69) is 15.1 Å². The van der Waals surface area contributed by atoms with Crippen molar-refractivity contribution in [3.8, 4) is 0 Å². The van der Waals surface area contributed by atoms with Gasteiger partial charge in [-0.05, 0) is 25.1 Å². The van der Waals surface area contributed by atoms with Crippen molar-refractivity contribution in [2.75, 3.05) is 52.5 Å². The van der Waals surface area contributed by atoms with Crippen molar-refractivity contribution in [3.63, 3.8) is 0 Å². The highest BCUT2D eigenvalue weighted by Crippen LogP contribution is 2.06. The maximum atomic E-state index is 5.35. The summed E-state index contributed by atoms with van der Waals surface area (Å²) in [5.41, 5.74) is 0. The lowest BCUT2D eigenvalue weighted by molar-refractivity contribution is 0.0389. The molecule has 2 aliphatic heterocycles. The molecule has 0 unspecified atom stereocenters. The summed E-state index contributed by atoms with van der Waals surface area (Å²) in [5, 5.41) is 4.28. The molecule has 92 valence electrons. The molecule has 2 saturated heterocycles. The molecule has 0 aromatic heterocycles. The first-order valence-corrected chi connectivity index (χ1v) is 6.60.